The molecule has 0 aliphatic carbocycles. The van der Waals surface area contributed by atoms with Gasteiger partial charge in [0.2, 0.25) is 0 Å². The Hall–Kier alpha value is -2.01. The molecule has 0 saturated carbocycles. The largest absolute Gasteiger partial charge is 0.490 e. The highest BCUT2D eigenvalue weighted by Gasteiger charge is 2.15. The highest BCUT2D eigenvalue weighted by atomic mass is 16.5. The van der Waals surface area contributed by atoms with E-state index in [0.29, 0.717) is 25.5 Å². The summed E-state index contributed by atoms with van der Waals surface area (Å²) in [5, 5.41) is 14.5. The fourth-order valence-corrected chi connectivity index (χ4v) is 2.24. The Labute approximate surface area is 117 Å². The second kappa shape index (κ2) is 5.54. The monoisotopic (exact) mass is 274 g/mol. The second-order valence-corrected chi connectivity index (χ2v) is 5.01. The van der Waals surface area contributed by atoms with Crippen LogP contribution in [0.25, 0.3) is 0 Å². The summed E-state index contributed by atoms with van der Waals surface area (Å²) < 4.78 is 13.0. The molecule has 1 aromatic heterocycles. The maximum absolute atomic E-state index is 10.3. The van der Waals surface area contributed by atoms with Crippen LogP contribution in [0.15, 0.2) is 30.6 Å². The number of hydrogen-bond acceptors (Lipinski definition) is 4. The molecule has 0 spiro atoms. The molecule has 106 valence electrons. The molecule has 20 heavy (non-hydrogen) atoms. The standard InChI is InChI=1S/C15H18N2O3/c1-11-8-16-17(9-11)10-13(18)12-3-4-14-15(7-12)20-6-2-5-19-14/h3-4,7-9,13,18H,2,5-6,10H2,1H3. The maximum atomic E-state index is 10.3. The summed E-state index contributed by atoms with van der Waals surface area (Å²) >= 11 is 0. The molecule has 0 bridgehead atoms. The first-order valence-electron chi connectivity index (χ1n) is 6.79. The van der Waals surface area contributed by atoms with Gasteiger partial charge in [0.1, 0.15) is 0 Å². The zero-order chi connectivity index (χ0) is 13.9. The molecular weight excluding hydrogens is 256 g/mol. The highest BCUT2D eigenvalue weighted by molar-refractivity contribution is 5.44. The van der Waals surface area contributed by atoms with Crippen molar-refractivity contribution in [3.8, 4) is 11.5 Å². The summed E-state index contributed by atoms with van der Waals surface area (Å²) in [7, 11) is 0. The average molecular weight is 274 g/mol. The first kappa shape index (κ1) is 13.0. The SMILES string of the molecule is Cc1cnn(CC(O)c2ccc3c(c2)OCCCO3)c1. The van der Waals surface area contributed by atoms with Crippen molar-refractivity contribution in [1.29, 1.82) is 0 Å². The average Bonchev–Trinajstić information content (AvgIpc) is 2.72. The molecule has 5 nitrogen and oxygen atoms in total. The smallest absolute Gasteiger partial charge is 0.161 e. The lowest BCUT2D eigenvalue weighted by Crippen LogP contribution is -2.09. The molecule has 2 aromatic rings. The summed E-state index contributed by atoms with van der Waals surface area (Å²) in [6, 6.07) is 5.57. The van der Waals surface area contributed by atoms with Crippen LogP contribution in [0.4, 0.5) is 0 Å². The third-order valence-electron chi connectivity index (χ3n) is 3.28. The molecule has 1 atom stereocenters. The van der Waals surface area contributed by atoms with Crippen molar-refractivity contribution < 1.29 is 14.6 Å². The predicted molar refractivity (Wildman–Crippen MR) is 74.0 cm³/mol. The van der Waals surface area contributed by atoms with E-state index in [2.05, 4.69) is 5.10 Å². The van der Waals surface area contributed by atoms with E-state index in [4.69, 9.17) is 9.47 Å². The molecular formula is C15H18N2O3. The van der Waals surface area contributed by atoms with Gasteiger partial charge in [-0.1, -0.05) is 6.07 Å². The van der Waals surface area contributed by atoms with Gasteiger partial charge in [0.05, 0.1) is 32.1 Å². The quantitative estimate of drug-likeness (QED) is 0.931. The van der Waals surface area contributed by atoms with E-state index < -0.39 is 6.10 Å². The third kappa shape index (κ3) is 2.77. The minimum Gasteiger partial charge on any atom is -0.490 e. The fourth-order valence-electron chi connectivity index (χ4n) is 2.24. The van der Waals surface area contributed by atoms with Crippen molar-refractivity contribution >= 4 is 0 Å². The zero-order valence-corrected chi connectivity index (χ0v) is 11.5. The molecule has 5 heteroatoms. The second-order valence-electron chi connectivity index (χ2n) is 5.01. The number of ether oxygens (including phenoxy) is 2. The fraction of sp³-hybridized carbons (Fsp3) is 0.400. The Morgan fingerprint density at radius 3 is 2.85 bits per heavy atom. The molecule has 1 N–H and O–H groups in total. The van der Waals surface area contributed by atoms with Crippen molar-refractivity contribution in [2.75, 3.05) is 13.2 Å². The number of hydrogen-bond donors (Lipinski definition) is 1. The maximum Gasteiger partial charge on any atom is 0.161 e. The van der Waals surface area contributed by atoms with Crippen LogP contribution in [-0.4, -0.2) is 28.1 Å². The van der Waals surface area contributed by atoms with Crippen LogP contribution in [0.2, 0.25) is 0 Å². The lowest BCUT2D eigenvalue weighted by atomic mass is 10.1. The van der Waals surface area contributed by atoms with Crippen LogP contribution < -0.4 is 9.47 Å². The van der Waals surface area contributed by atoms with Crippen molar-refractivity contribution in [3.63, 3.8) is 0 Å². The van der Waals surface area contributed by atoms with E-state index in [0.717, 1.165) is 23.3 Å². The van der Waals surface area contributed by atoms with Crippen LogP contribution in [0, 0.1) is 6.92 Å². The molecule has 0 fully saturated rings. The van der Waals surface area contributed by atoms with Gasteiger partial charge in [-0.05, 0) is 30.2 Å². The summed E-state index contributed by atoms with van der Waals surface area (Å²) in [4.78, 5) is 0. The van der Waals surface area contributed by atoms with Crippen LogP contribution >= 0.6 is 0 Å². The number of aromatic nitrogens is 2. The number of aliphatic hydroxyl groups is 1. The number of fused-ring (bicyclic) bond motifs is 1. The van der Waals surface area contributed by atoms with Gasteiger partial charge in [0, 0.05) is 12.6 Å². The Kier molecular flexibility index (Phi) is 3.60. The Bertz CT molecular complexity index is 595. The van der Waals surface area contributed by atoms with E-state index in [1.807, 2.05) is 31.3 Å². The molecule has 3 rings (SSSR count). The van der Waals surface area contributed by atoms with Gasteiger partial charge in [0.15, 0.2) is 11.5 Å². The molecule has 1 aliphatic rings. The summed E-state index contributed by atoms with van der Waals surface area (Å²) in [5.74, 6) is 1.45. The number of aliphatic hydroxyl groups excluding tert-OH is 1. The normalized spacial score (nSPS) is 15.7. The summed E-state index contributed by atoms with van der Waals surface area (Å²) in [5.41, 5.74) is 1.89. The van der Waals surface area contributed by atoms with Gasteiger partial charge in [-0.2, -0.15) is 5.10 Å². The molecule has 1 aromatic carbocycles. The van der Waals surface area contributed by atoms with E-state index in [1.54, 1.807) is 10.9 Å². The van der Waals surface area contributed by atoms with E-state index >= 15 is 0 Å². The van der Waals surface area contributed by atoms with Crippen LogP contribution in [0.3, 0.4) is 0 Å². The topological polar surface area (TPSA) is 56.5 Å². The van der Waals surface area contributed by atoms with Crippen molar-refractivity contribution in [3.05, 3.63) is 41.7 Å². The lowest BCUT2D eigenvalue weighted by Gasteiger charge is -2.14. The number of rotatable bonds is 3. The number of nitrogens with zero attached hydrogens (tertiary/aromatic N) is 2. The van der Waals surface area contributed by atoms with Gasteiger partial charge in [0.25, 0.3) is 0 Å². The Balaban J connectivity index is 1.77. The number of benzene rings is 1. The summed E-state index contributed by atoms with van der Waals surface area (Å²) in [6.07, 6.45) is 3.94. The molecule has 0 amide bonds. The van der Waals surface area contributed by atoms with Gasteiger partial charge < -0.3 is 14.6 Å². The van der Waals surface area contributed by atoms with Gasteiger partial charge in [-0.3, -0.25) is 4.68 Å². The Morgan fingerprint density at radius 2 is 2.10 bits per heavy atom. The van der Waals surface area contributed by atoms with Gasteiger partial charge in [-0.15, -0.1) is 0 Å². The molecule has 1 aliphatic heterocycles. The van der Waals surface area contributed by atoms with E-state index in [-0.39, 0.29) is 0 Å². The minimum absolute atomic E-state index is 0.424. The molecule has 0 saturated heterocycles. The predicted octanol–water partition coefficient (Wildman–Crippen LogP) is 2.09. The van der Waals surface area contributed by atoms with E-state index in [1.165, 1.54) is 0 Å². The minimum atomic E-state index is -0.619. The van der Waals surface area contributed by atoms with Crippen molar-refractivity contribution in [1.82, 2.24) is 9.78 Å². The molecule has 2 heterocycles. The first-order valence-corrected chi connectivity index (χ1v) is 6.79. The summed E-state index contributed by atoms with van der Waals surface area (Å²) in [6.45, 7) is 3.71. The van der Waals surface area contributed by atoms with Crippen LogP contribution in [-0.2, 0) is 6.54 Å². The van der Waals surface area contributed by atoms with Gasteiger partial charge >= 0.3 is 0 Å². The zero-order valence-electron chi connectivity index (χ0n) is 11.5. The highest BCUT2D eigenvalue weighted by Crippen LogP contribution is 2.32. The van der Waals surface area contributed by atoms with Crippen molar-refractivity contribution in [2.45, 2.75) is 26.0 Å². The van der Waals surface area contributed by atoms with Crippen LogP contribution in [0.1, 0.15) is 23.7 Å². The van der Waals surface area contributed by atoms with Crippen molar-refractivity contribution in [2.24, 2.45) is 0 Å². The molecule has 1 unspecified atom stereocenters. The molecule has 0 radical (unpaired) electrons. The third-order valence-corrected chi connectivity index (χ3v) is 3.28. The first-order chi connectivity index (χ1) is 9.72. The Morgan fingerprint density at radius 1 is 1.30 bits per heavy atom. The van der Waals surface area contributed by atoms with E-state index in [9.17, 15) is 5.11 Å². The lowest BCUT2D eigenvalue weighted by molar-refractivity contribution is 0.151. The van der Waals surface area contributed by atoms with Crippen LogP contribution in [0.5, 0.6) is 11.5 Å². The number of aryl methyl sites for hydroxylation is 1. The van der Waals surface area contributed by atoms with Gasteiger partial charge in [-0.25, -0.2) is 0 Å².